The van der Waals surface area contributed by atoms with Gasteiger partial charge < -0.3 is 4.90 Å². The molecule has 0 aliphatic rings. The van der Waals surface area contributed by atoms with E-state index in [9.17, 15) is 0 Å². The van der Waals surface area contributed by atoms with E-state index in [-0.39, 0.29) is 0 Å². The van der Waals surface area contributed by atoms with E-state index in [1.165, 1.54) is 10.6 Å². The lowest BCUT2D eigenvalue weighted by Crippen LogP contribution is -2.30. The van der Waals surface area contributed by atoms with Crippen molar-refractivity contribution < 1.29 is 0 Å². The Labute approximate surface area is 124 Å². The van der Waals surface area contributed by atoms with Crippen molar-refractivity contribution in [1.82, 2.24) is 0 Å². The van der Waals surface area contributed by atoms with Gasteiger partial charge in [0, 0.05) is 22.2 Å². The number of nitrogens with zero attached hydrogens (tertiary/aromatic N) is 1. The first kappa shape index (κ1) is 14.3. The maximum Gasteiger partial charge on any atom is 0.0768 e. The van der Waals surface area contributed by atoms with Crippen LogP contribution in [0.3, 0.4) is 0 Å². The number of anilines is 1. The Morgan fingerprint density at radius 2 is 1.84 bits per heavy atom. The summed E-state index contributed by atoms with van der Waals surface area (Å²) in [7, 11) is 0. The molecule has 3 heteroatoms. The predicted octanol–water partition coefficient (Wildman–Crippen LogP) is 5.30. The molecular weight excluding hydrogens is 274 g/mol. The standard InChI is InChI=1S/C16H18ClNS/c1-3-18(15-9-7-8-14(17)12-15)13(2)19-16-10-5-4-6-11-16/h4-13H,3H2,1-2H3. The summed E-state index contributed by atoms with van der Waals surface area (Å²) >= 11 is 7.94. The third-order valence-electron chi connectivity index (χ3n) is 2.97. The monoisotopic (exact) mass is 291 g/mol. The van der Waals surface area contributed by atoms with Crippen LogP contribution in [-0.2, 0) is 0 Å². The van der Waals surface area contributed by atoms with Crippen molar-refractivity contribution >= 4 is 29.1 Å². The van der Waals surface area contributed by atoms with E-state index in [0.29, 0.717) is 5.37 Å². The summed E-state index contributed by atoms with van der Waals surface area (Å²) in [4.78, 5) is 3.64. The van der Waals surface area contributed by atoms with Crippen LogP contribution in [0.5, 0.6) is 0 Å². The molecule has 0 bridgehead atoms. The zero-order chi connectivity index (χ0) is 13.7. The summed E-state index contributed by atoms with van der Waals surface area (Å²) in [5.41, 5.74) is 1.17. The van der Waals surface area contributed by atoms with E-state index >= 15 is 0 Å². The van der Waals surface area contributed by atoms with Crippen LogP contribution in [0.25, 0.3) is 0 Å². The number of thioether (sulfide) groups is 1. The summed E-state index contributed by atoms with van der Waals surface area (Å²) < 4.78 is 0. The van der Waals surface area contributed by atoms with E-state index in [0.717, 1.165) is 11.6 Å². The fraction of sp³-hybridized carbons (Fsp3) is 0.250. The number of hydrogen-bond acceptors (Lipinski definition) is 2. The highest BCUT2D eigenvalue weighted by atomic mass is 35.5. The Hall–Kier alpha value is -1.12. The molecule has 0 saturated carbocycles. The van der Waals surface area contributed by atoms with Crippen molar-refractivity contribution in [2.24, 2.45) is 0 Å². The highest BCUT2D eigenvalue weighted by molar-refractivity contribution is 8.00. The molecule has 0 aromatic heterocycles. The van der Waals surface area contributed by atoms with Crippen LogP contribution in [0.15, 0.2) is 59.5 Å². The second-order valence-corrected chi connectivity index (χ2v) is 6.12. The molecule has 0 N–H and O–H groups in total. The molecule has 0 heterocycles. The average molecular weight is 292 g/mol. The normalized spacial score (nSPS) is 12.2. The minimum atomic E-state index is 0.367. The van der Waals surface area contributed by atoms with E-state index in [2.05, 4.69) is 49.1 Å². The summed E-state index contributed by atoms with van der Waals surface area (Å²) in [5, 5.41) is 1.15. The highest BCUT2D eigenvalue weighted by Crippen LogP contribution is 2.29. The Balaban J connectivity index is 2.13. The van der Waals surface area contributed by atoms with Crippen molar-refractivity contribution in [2.75, 3.05) is 11.4 Å². The van der Waals surface area contributed by atoms with Gasteiger partial charge in [0.25, 0.3) is 0 Å². The topological polar surface area (TPSA) is 3.24 Å². The first-order chi connectivity index (χ1) is 9.20. The molecule has 0 radical (unpaired) electrons. The molecule has 100 valence electrons. The Morgan fingerprint density at radius 1 is 1.11 bits per heavy atom. The molecule has 19 heavy (non-hydrogen) atoms. The van der Waals surface area contributed by atoms with Crippen molar-refractivity contribution in [3.8, 4) is 0 Å². The highest BCUT2D eigenvalue weighted by Gasteiger charge is 2.14. The van der Waals surface area contributed by atoms with Crippen molar-refractivity contribution in [3.63, 3.8) is 0 Å². The van der Waals surface area contributed by atoms with Crippen molar-refractivity contribution in [3.05, 3.63) is 59.6 Å². The second-order valence-electron chi connectivity index (χ2n) is 4.30. The Bertz CT molecular complexity index is 515. The van der Waals surface area contributed by atoms with Crippen LogP contribution in [0.2, 0.25) is 5.02 Å². The lowest BCUT2D eigenvalue weighted by Gasteiger charge is -2.29. The number of rotatable bonds is 5. The van der Waals surface area contributed by atoms with E-state index < -0.39 is 0 Å². The first-order valence-electron chi connectivity index (χ1n) is 6.44. The minimum absolute atomic E-state index is 0.367. The largest absolute Gasteiger partial charge is 0.360 e. The van der Waals surface area contributed by atoms with Crippen LogP contribution in [0, 0.1) is 0 Å². The fourth-order valence-electron chi connectivity index (χ4n) is 2.06. The molecule has 2 rings (SSSR count). The zero-order valence-corrected chi connectivity index (χ0v) is 12.8. The molecule has 0 fully saturated rings. The van der Waals surface area contributed by atoms with Crippen LogP contribution in [0.4, 0.5) is 5.69 Å². The Morgan fingerprint density at radius 3 is 2.47 bits per heavy atom. The second kappa shape index (κ2) is 6.88. The van der Waals surface area contributed by atoms with Gasteiger partial charge in [-0.05, 0) is 44.2 Å². The molecule has 2 aromatic carbocycles. The number of benzene rings is 2. The van der Waals surface area contributed by atoms with Gasteiger partial charge in [-0.2, -0.15) is 0 Å². The van der Waals surface area contributed by atoms with Crippen molar-refractivity contribution in [1.29, 1.82) is 0 Å². The average Bonchev–Trinajstić information content (AvgIpc) is 2.41. The van der Waals surface area contributed by atoms with Gasteiger partial charge in [0.1, 0.15) is 0 Å². The fourth-order valence-corrected chi connectivity index (χ4v) is 3.35. The van der Waals surface area contributed by atoms with Crippen molar-refractivity contribution in [2.45, 2.75) is 24.1 Å². The number of halogens is 1. The van der Waals surface area contributed by atoms with Crippen LogP contribution in [0.1, 0.15) is 13.8 Å². The Kier molecular flexibility index (Phi) is 5.17. The molecule has 1 nitrogen and oxygen atoms in total. The summed E-state index contributed by atoms with van der Waals surface area (Å²) in [5.74, 6) is 0. The zero-order valence-electron chi connectivity index (χ0n) is 11.2. The molecular formula is C16H18ClNS. The summed E-state index contributed by atoms with van der Waals surface area (Å²) in [6, 6.07) is 18.5. The van der Waals surface area contributed by atoms with E-state index in [1.807, 2.05) is 36.0 Å². The number of hydrogen-bond donors (Lipinski definition) is 0. The maximum absolute atomic E-state index is 6.08. The van der Waals surface area contributed by atoms with Gasteiger partial charge in [-0.3, -0.25) is 0 Å². The van der Waals surface area contributed by atoms with Gasteiger partial charge in [-0.15, -0.1) is 11.8 Å². The molecule has 1 atom stereocenters. The van der Waals surface area contributed by atoms with Crippen LogP contribution >= 0.6 is 23.4 Å². The van der Waals surface area contributed by atoms with E-state index in [1.54, 1.807) is 0 Å². The quantitative estimate of drug-likeness (QED) is 0.543. The molecule has 0 amide bonds. The SMILES string of the molecule is CCN(c1cccc(Cl)c1)C(C)Sc1ccccc1. The van der Waals surface area contributed by atoms with Gasteiger partial charge in [0.2, 0.25) is 0 Å². The molecule has 0 spiro atoms. The minimum Gasteiger partial charge on any atom is -0.360 e. The summed E-state index contributed by atoms with van der Waals surface area (Å²) in [6.45, 7) is 5.35. The molecule has 0 aliphatic carbocycles. The smallest absolute Gasteiger partial charge is 0.0768 e. The van der Waals surface area contributed by atoms with Crippen LogP contribution < -0.4 is 4.90 Å². The third kappa shape index (κ3) is 3.92. The lowest BCUT2D eigenvalue weighted by atomic mass is 10.3. The van der Waals surface area contributed by atoms with Gasteiger partial charge in [0.05, 0.1) is 5.37 Å². The lowest BCUT2D eigenvalue weighted by molar-refractivity contribution is 0.822. The van der Waals surface area contributed by atoms with Gasteiger partial charge in [-0.25, -0.2) is 0 Å². The molecule has 0 aliphatic heterocycles. The predicted molar refractivity (Wildman–Crippen MR) is 86.2 cm³/mol. The third-order valence-corrected chi connectivity index (χ3v) is 4.34. The molecule has 0 saturated heterocycles. The van der Waals surface area contributed by atoms with Gasteiger partial charge in [-0.1, -0.05) is 35.9 Å². The first-order valence-corrected chi connectivity index (χ1v) is 7.70. The summed E-state index contributed by atoms with van der Waals surface area (Å²) in [6.07, 6.45) is 0. The van der Waals surface area contributed by atoms with Crippen LogP contribution in [-0.4, -0.2) is 11.9 Å². The molecule has 2 aromatic rings. The van der Waals surface area contributed by atoms with Gasteiger partial charge >= 0.3 is 0 Å². The van der Waals surface area contributed by atoms with E-state index in [4.69, 9.17) is 11.6 Å². The van der Waals surface area contributed by atoms with Gasteiger partial charge in [0.15, 0.2) is 0 Å². The molecule has 1 unspecified atom stereocenters. The maximum atomic E-state index is 6.08.